The third-order valence-corrected chi connectivity index (χ3v) is 13.4. The van der Waals surface area contributed by atoms with E-state index in [2.05, 4.69) is 98.5 Å². The second kappa shape index (κ2) is 20.1. The molecule has 2 atom stereocenters. The Labute approximate surface area is 377 Å². The molecule has 64 heavy (non-hydrogen) atoms. The van der Waals surface area contributed by atoms with Gasteiger partial charge in [-0.25, -0.2) is 0 Å². The van der Waals surface area contributed by atoms with Gasteiger partial charge in [0, 0.05) is 71.1 Å². The first-order valence-electron chi connectivity index (χ1n) is 23.0. The number of ether oxygens (including phenoxy) is 1. The molecule has 5 aliphatic heterocycles. The van der Waals surface area contributed by atoms with Crippen molar-refractivity contribution in [2.24, 2.45) is 5.92 Å². The summed E-state index contributed by atoms with van der Waals surface area (Å²) in [6, 6.07) is 23.3. The molecule has 0 spiro atoms. The molecule has 6 heterocycles. The van der Waals surface area contributed by atoms with Crippen molar-refractivity contribution < 1.29 is 24.2 Å². The van der Waals surface area contributed by atoms with Crippen molar-refractivity contribution in [3.05, 3.63) is 96.1 Å². The summed E-state index contributed by atoms with van der Waals surface area (Å²) in [6.45, 7) is 11.4. The molecular weight excluding hydrogens is 807 g/mol. The number of fused-ring (bicyclic) bond motifs is 1. The molecule has 0 aliphatic carbocycles. The number of imide groups is 1. The molecule has 5 aliphatic rings. The lowest BCUT2D eigenvalue weighted by Gasteiger charge is -2.44. The Hall–Kier alpha value is -6.15. The van der Waals surface area contributed by atoms with Gasteiger partial charge in [-0.3, -0.25) is 24.6 Å². The topological polar surface area (TPSA) is 161 Å². The van der Waals surface area contributed by atoms with Crippen LogP contribution in [0.2, 0.25) is 0 Å². The molecule has 3 fully saturated rings. The molecule has 3 aromatic carbocycles. The first-order valence-corrected chi connectivity index (χ1v) is 23.0. The largest absolute Gasteiger partial charge is 0.507 e. The van der Waals surface area contributed by atoms with E-state index in [1.54, 1.807) is 12.1 Å². The maximum Gasteiger partial charge on any atom is 0.249 e. The number of nitrogens with zero attached hydrogens (tertiary/aromatic N) is 7. The molecule has 338 valence electrons. The number of phenols is 1. The first-order chi connectivity index (χ1) is 31.0. The van der Waals surface area contributed by atoms with Crippen LogP contribution < -0.4 is 30.5 Å². The van der Waals surface area contributed by atoms with Gasteiger partial charge in [0.2, 0.25) is 17.7 Å². The fraction of sp³-hybridized carbons (Fsp3) is 0.460. The first kappa shape index (κ1) is 44.5. The molecule has 4 N–H and O–H groups in total. The van der Waals surface area contributed by atoms with Gasteiger partial charge in [0.25, 0.3) is 0 Å². The number of likely N-dealkylation sites (N-methyl/N-ethyl adjacent to an activating group) is 1. The van der Waals surface area contributed by atoms with E-state index >= 15 is 0 Å². The zero-order valence-corrected chi connectivity index (χ0v) is 37.5. The van der Waals surface area contributed by atoms with Crippen LogP contribution in [-0.4, -0.2) is 121 Å². The number of aryl methyl sites for hydroxylation is 1. The van der Waals surface area contributed by atoms with E-state index in [0.29, 0.717) is 48.3 Å². The van der Waals surface area contributed by atoms with E-state index < -0.39 is 0 Å². The summed E-state index contributed by atoms with van der Waals surface area (Å²) in [5.74, 6) is 2.34. The van der Waals surface area contributed by atoms with Crippen LogP contribution in [0.25, 0.3) is 11.3 Å². The summed E-state index contributed by atoms with van der Waals surface area (Å²) >= 11 is 0. The molecular formula is C50H63N9O5. The average Bonchev–Trinajstić information content (AvgIpc) is 3.52. The van der Waals surface area contributed by atoms with Crippen molar-refractivity contribution in [1.82, 2.24) is 25.3 Å². The summed E-state index contributed by atoms with van der Waals surface area (Å²) in [6.07, 6.45) is 10.3. The number of aromatic hydroxyl groups is 1. The predicted octanol–water partition coefficient (Wildman–Crippen LogP) is 6.14. The Morgan fingerprint density at radius 3 is 2.42 bits per heavy atom. The van der Waals surface area contributed by atoms with Crippen molar-refractivity contribution in [3.8, 4) is 22.8 Å². The number of piperidine rings is 3. The summed E-state index contributed by atoms with van der Waals surface area (Å²) in [5.41, 5.74) is 13.0. The summed E-state index contributed by atoms with van der Waals surface area (Å²) in [7, 11) is 2.13. The van der Waals surface area contributed by atoms with Gasteiger partial charge < -0.3 is 35.2 Å². The molecule has 0 bridgehead atoms. The number of nitrogens with one attached hydrogen (secondary N) is 1. The van der Waals surface area contributed by atoms with Crippen LogP contribution in [0.15, 0.2) is 84.9 Å². The number of hydrogen-bond acceptors (Lipinski definition) is 12. The number of aromatic nitrogens is 2. The molecule has 1 aromatic heterocycles. The average molecular weight is 870 g/mol. The van der Waals surface area contributed by atoms with Gasteiger partial charge in [0.15, 0.2) is 5.82 Å². The number of allylic oxidation sites excluding steroid dienone is 1. The monoisotopic (exact) mass is 869 g/mol. The number of amides is 3. The van der Waals surface area contributed by atoms with Crippen LogP contribution >= 0.6 is 0 Å². The smallest absolute Gasteiger partial charge is 0.249 e. The number of hydrogen-bond donors (Lipinski definition) is 3. The van der Waals surface area contributed by atoms with Crippen molar-refractivity contribution in [3.63, 3.8) is 0 Å². The molecule has 4 aromatic rings. The fourth-order valence-corrected chi connectivity index (χ4v) is 9.84. The SMILES string of the molecule is C[C@H]1CC=CCN(c2cc(-c3ccccc3O)nnc2N)C1.Cc1cccc(OC2CCN(C(=O)CN3CCC(c4cccc5c4N(C)CCN5C4CCC(=O)NC4=O)CC3)CC2)c1. The minimum atomic E-state index is -0.308. The van der Waals surface area contributed by atoms with Crippen LogP contribution in [0.4, 0.5) is 22.9 Å². The number of nitrogens with two attached hydrogens (primary N) is 1. The lowest BCUT2D eigenvalue weighted by atomic mass is 9.86. The quantitative estimate of drug-likeness (QED) is 0.137. The van der Waals surface area contributed by atoms with Gasteiger partial charge in [-0.15, -0.1) is 10.2 Å². The highest BCUT2D eigenvalue weighted by Crippen LogP contribution is 2.43. The molecule has 14 heteroatoms. The van der Waals surface area contributed by atoms with Gasteiger partial charge in [0.1, 0.15) is 23.6 Å². The number of phenolic OH excluding ortho intramolecular Hbond substituents is 1. The lowest BCUT2D eigenvalue weighted by molar-refractivity contribution is -0.135. The van der Waals surface area contributed by atoms with E-state index in [1.807, 2.05) is 35.2 Å². The normalized spacial score (nSPS) is 21.1. The standard InChI is InChI=1S/C33H43N5O4.C17H20N4O/c1-23-5-3-6-26(21-23)42-25-13-17-37(18-14-25)31(40)22-36-15-11-24(12-16-36)27-7-4-8-28-32(27)35(2)19-20-38(28)29-9-10-30(39)34-33(29)41;1-12-6-4-5-9-21(11-12)15-10-14(19-20-17(15)18)13-7-2-3-8-16(13)22/h3-8,21,24-25,29H,9-20,22H2,1-2H3,(H,34,39,41);2-5,7-8,10,12,22H,6,9,11H2,1H3,(H2,18,20)/t;12-/m.0/s1. The van der Waals surface area contributed by atoms with E-state index in [9.17, 15) is 19.5 Å². The molecule has 1 unspecified atom stereocenters. The van der Waals surface area contributed by atoms with Crippen molar-refractivity contribution >= 4 is 40.6 Å². The Morgan fingerprint density at radius 2 is 1.66 bits per heavy atom. The van der Waals surface area contributed by atoms with E-state index in [-0.39, 0.29) is 35.6 Å². The third-order valence-electron chi connectivity index (χ3n) is 13.4. The number of likely N-dealkylation sites (tertiary alicyclic amines) is 2. The minimum Gasteiger partial charge on any atom is -0.507 e. The number of carbonyl (C=O) groups is 3. The lowest BCUT2D eigenvalue weighted by Crippen LogP contribution is -2.55. The number of para-hydroxylation sites is 2. The maximum atomic E-state index is 13.2. The van der Waals surface area contributed by atoms with Crippen LogP contribution in [-0.2, 0) is 14.4 Å². The Morgan fingerprint density at radius 1 is 0.875 bits per heavy atom. The van der Waals surface area contributed by atoms with Crippen molar-refractivity contribution in [2.45, 2.75) is 76.9 Å². The molecule has 3 amide bonds. The second-order valence-corrected chi connectivity index (χ2v) is 18.1. The van der Waals surface area contributed by atoms with Gasteiger partial charge >= 0.3 is 0 Å². The van der Waals surface area contributed by atoms with Gasteiger partial charge in [-0.1, -0.05) is 55.5 Å². The number of nitrogen functional groups attached to an aromatic ring is 1. The van der Waals surface area contributed by atoms with E-state index in [0.717, 1.165) is 102 Å². The Balaban J connectivity index is 0.000000214. The zero-order chi connectivity index (χ0) is 44.7. The van der Waals surface area contributed by atoms with Gasteiger partial charge in [-0.2, -0.15) is 0 Å². The third kappa shape index (κ3) is 10.4. The number of carbonyl (C=O) groups excluding carboxylic acids is 3. The number of rotatable bonds is 8. The summed E-state index contributed by atoms with van der Waals surface area (Å²) in [5, 5.41) is 20.7. The van der Waals surface area contributed by atoms with Crippen molar-refractivity contribution in [2.75, 3.05) is 86.4 Å². The van der Waals surface area contributed by atoms with E-state index in [1.165, 1.54) is 16.8 Å². The van der Waals surface area contributed by atoms with Crippen molar-refractivity contribution in [1.29, 1.82) is 0 Å². The van der Waals surface area contributed by atoms with Crippen LogP contribution in [0.1, 0.15) is 68.9 Å². The summed E-state index contributed by atoms with van der Waals surface area (Å²) in [4.78, 5) is 48.6. The van der Waals surface area contributed by atoms with Gasteiger partial charge in [-0.05, 0) is 105 Å². The number of anilines is 4. The number of benzene rings is 3. The van der Waals surface area contributed by atoms with E-state index in [4.69, 9.17) is 10.5 Å². The Kier molecular flexibility index (Phi) is 14.0. The zero-order valence-electron chi connectivity index (χ0n) is 37.5. The highest BCUT2D eigenvalue weighted by Gasteiger charge is 2.37. The molecule has 0 saturated carbocycles. The highest BCUT2D eigenvalue weighted by molar-refractivity contribution is 6.02. The molecule has 14 nitrogen and oxygen atoms in total. The molecule has 9 rings (SSSR count). The minimum absolute atomic E-state index is 0.160. The van der Waals surface area contributed by atoms with Crippen LogP contribution in [0, 0.1) is 12.8 Å². The van der Waals surface area contributed by atoms with Gasteiger partial charge in [0.05, 0.1) is 29.3 Å². The maximum absolute atomic E-state index is 13.2. The fourth-order valence-electron chi connectivity index (χ4n) is 9.84. The van der Waals surface area contributed by atoms with Crippen LogP contribution in [0.5, 0.6) is 11.5 Å². The molecule has 3 saturated heterocycles. The predicted molar refractivity (Wildman–Crippen MR) is 252 cm³/mol. The Bertz CT molecular complexity index is 2320. The summed E-state index contributed by atoms with van der Waals surface area (Å²) < 4.78 is 6.18. The highest BCUT2D eigenvalue weighted by atomic mass is 16.5. The van der Waals surface area contributed by atoms with Crippen LogP contribution in [0.3, 0.4) is 0 Å². The second-order valence-electron chi connectivity index (χ2n) is 18.1. The molecule has 0 radical (unpaired) electrons.